The van der Waals surface area contributed by atoms with E-state index in [0.717, 1.165) is 34.7 Å². The molecule has 1 aliphatic rings. The lowest BCUT2D eigenvalue weighted by Gasteiger charge is -2.33. The molecule has 0 N–H and O–H groups in total. The fraction of sp³-hybridized carbons (Fsp3) is 0.0755. The first-order valence-electron chi connectivity index (χ1n) is 20.4. The van der Waals surface area contributed by atoms with E-state index >= 15 is 0 Å². The second kappa shape index (κ2) is 10.9. The lowest BCUT2D eigenvalue weighted by atomic mass is 9.89. The summed E-state index contributed by atoms with van der Waals surface area (Å²) in [6.45, 7) is 2.31. The van der Waals surface area contributed by atoms with Crippen molar-refractivity contribution in [3.05, 3.63) is 170 Å². The smallest absolute Gasteiger partial charge is 0.154 e. The van der Waals surface area contributed by atoms with E-state index in [0.29, 0.717) is 0 Å². The van der Waals surface area contributed by atoms with Gasteiger partial charge in [-0.25, -0.2) is 4.99 Å². The Hall–Kier alpha value is -7.37. The molecule has 0 spiro atoms. The first-order chi connectivity index (χ1) is 28.8. The summed E-state index contributed by atoms with van der Waals surface area (Å²) in [7, 11) is 0. The zero-order valence-corrected chi connectivity index (χ0v) is 31.6. The fourth-order valence-electron chi connectivity index (χ4n) is 11.0. The molecule has 0 saturated heterocycles. The van der Waals surface area contributed by atoms with Gasteiger partial charge in [-0.15, -0.1) is 0 Å². The zero-order chi connectivity index (χ0) is 37.8. The molecule has 0 bridgehead atoms. The van der Waals surface area contributed by atoms with Gasteiger partial charge in [-0.05, 0) is 71.8 Å². The van der Waals surface area contributed by atoms with Gasteiger partial charge in [0.2, 0.25) is 0 Å². The van der Waals surface area contributed by atoms with Crippen molar-refractivity contribution in [2.75, 3.05) is 0 Å². The van der Waals surface area contributed by atoms with Crippen LogP contribution in [0.3, 0.4) is 0 Å². The van der Waals surface area contributed by atoms with Gasteiger partial charge in [0.25, 0.3) is 0 Å². The Balaban J connectivity index is 1.17. The maximum absolute atomic E-state index is 6.97. The zero-order valence-electron chi connectivity index (χ0n) is 31.6. The minimum atomic E-state index is -0.145. The van der Waals surface area contributed by atoms with Crippen molar-refractivity contribution in [3.63, 3.8) is 0 Å². The Morgan fingerprint density at radius 3 is 1.81 bits per heavy atom. The first-order valence-corrected chi connectivity index (χ1v) is 20.4. The van der Waals surface area contributed by atoms with Gasteiger partial charge in [0, 0.05) is 65.4 Å². The average Bonchev–Trinajstić information content (AvgIpc) is 4.07. The van der Waals surface area contributed by atoms with Crippen LogP contribution in [0.4, 0.5) is 5.69 Å². The highest BCUT2D eigenvalue weighted by molar-refractivity contribution is 6.37. The maximum Gasteiger partial charge on any atom is 0.154 e. The molecule has 2 atom stereocenters. The molecule has 1 aliphatic heterocycles. The van der Waals surface area contributed by atoms with Crippen molar-refractivity contribution in [1.82, 2.24) is 13.5 Å². The van der Waals surface area contributed by atoms with Gasteiger partial charge in [0.1, 0.15) is 23.1 Å². The molecule has 6 heterocycles. The molecule has 13 aromatic rings. The fourth-order valence-corrected chi connectivity index (χ4v) is 11.0. The summed E-state index contributed by atoms with van der Waals surface area (Å²) in [4.78, 5) is 5.80. The van der Waals surface area contributed by atoms with Crippen LogP contribution >= 0.6 is 0 Å². The van der Waals surface area contributed by atoms with Crippen molar-refractivity contribution < 1.29 is 4.42 Å². The quantitative estimate of drug-likeness (QED) is 0.174. The second-order valence-electron chi connectivity index (χ2n) is 16.1. The lowest BCUT2D eigenvalue weighted by molar-refractivity contribution is 0.387. The second-order valence-corrected chi connectivity index (χ2v) is 16.1. The summed E-state index contributed by atoms with van der Waals surface area (Å²) in [5, 5.41) is 13.7. The molecule has 5 heteroatoms. The molecule has 8 aromatic carbocycles. The van der Waals surface area contributed by atoms with Crippen molar-refractivity contribution in [1.29, 1.82) is 0 Å². The number of hydrogen-bond acceptors (Lipinski definition) is 2. The Kier molecular flexibility index (Phi) is 5.80. The van der Waals surface area contributed by atoms with Crippen molar-refractivity contribution in [2.45, 2.75) is 19.4 Å². The summed E-state index contributed by atoms with van der Waals surface area (Å²) in [5.41, 5.74) is 10.3. The number of rotatable bonds is 2. The molecule has 2 unspecified atom stereocenters. The van der Waals surface area contributed by atoms with Crippen molar-refractivity contribution >= 4 is 115 Å². The SMILES string of the molecule is CCC1C(n2c3ccccc3c3c4c5cc6ccccc6cc5n5c6ccccc6c(cc32)c45)=Nc2c(oc3ccccc23)C1n1c2ccccc2c2ccccc21. The minimum Gasteiger partial charge on any atom is -0.456 e. The van der Waals surface area contributed by atoms with Crippen LogP contribution in [0, 0.1) is 5.92 Å². The molecule has 0 aliphatic carbocycles. The van der Waals surface area contributed by atoms with Crippen LogP contribution in [0.25, 0.3) is 103 Å². The number of nitrogens with zero attached hydrogens (tertiary/aromatic N) is 4. The van der Waals surface area contributed by atoms with E-state index in [1.54, 1.807) is 0 Å². The molecular weight excluding hydrogens is 709 g/mol. The number of furan rings is 1. The number of hydrogen-bond donors (Lipinski definition) is 0. The van der Waals surface area contributed by atoms with Gasteiger partial charge in [-0.3, -0.25) is 4.57 Å². The third kappa shape index (κ3) is 3.70. The average molecular weight is 743 g/mol. The molecule has 5 nitrogen and oxygen atoms in total. The largest absolute Gasteiger partial charge is 0.456 e. The Morgan fingerprint density at radius 2 is 1.09 bits per heavy atom. The molecule has 0 saturated carbocycles. The van der Waals surface area contributed by atoms with Gasteiger partial charge in [-0.1, -0.05) is 116 Å². The van der Waals surface area contributed by atoms with Crippen LogP contribution < -0.4 is 0 Å². The molecule has 0 radical (unpaired) electrons. The van der Waals surface area contributed by atoms with Crippen LogP contribution in [0.1, 0.15) is 25.1 Å². The lowest BCUT2D eigenvalue weighted by Crippen LogP contribution is -2.33. The monoisotopic (exact) mass is 742 g/mol. The molecule has 14 rings (SSSR count). The van der Waals surface area contributed by atoms with Crippen molar-refractivity contribution in [3.8, 4) is 0 Å². The number of para-hydroxylation sites is 5. The van der Waals surface area contributed by atoms with E-state index < -0.39 is 0 Å². The Bertz CT molecular complexity index is 3870. The minimum absolute atomic E-state index is 0.0203. The number of fused-ring (bicyclic) bond motifs is 17. The van der Waals surface area contributed by atoms with Gasteiger partial charge >= 0.3 is 0 Å². The van der Waals surface area contributed by atoms with E-state index in [1.165, 1.54) is 92.5 Å². The summed E-state index contributed by atoms with van der Waals surface area (Å²) in [6.07, 6.45) is 0.859. The number of aromatic nitrogens is 3. The maximum atomic E-state index is 6.97. The normalized spacial score (nSPS) is 16.2. The highest BCUT2D eigenvalue weighted by Gasteiger charge is 2.41. The van der Waals surface area contributed by atoms with Gasteiger partial charge in [0.05, 0.1) is 27.6 Å². The van der Waals surface area contributed by atoms with Crippen LogP contribution in [0.5, 0.6) is 0 Å². The Morgan fingerprint density at radius 1 is 0.500 bits per heavy atom. The third-order valence-electron chi connectivity index (χ3n) is 13.3. The number of aliphatic imine (C=N–C) groups is 1. The first kappa shape index (κ1) is 30.8. The van der Waals surface area contributed by atoms with E-state index in [1.807, 2.05) is 0 Å². The molecule has 272 valence electrons. The molecule has 0 amide bonds. The number of benzene rings is 8. The van der Waals surface area contributed by atoms with Gasteiger partial charge < -0.3 is 13.4 Å². The van der Waals surface area contributed by atoms with Gasteiger partial charge in [-0.2, -0.15) is 0 Å². The molecule has 0 fully saturated rings. The topological polar surface area (TPSA) is 39.8 Å². The predicted molar refractivity (Wildman–Crippen MR) is 242 cm³/mol. The van der Waals surface area contributed by atoms with Crippen LogP contribution in [-0.2, 0) is 0 Å². The predicted octanol–water partition coefficient (Wildman–Crippen LogP) is 14.2. The third-order valence-corrected chi connectivity index (χ3v) is 13.3. The van der Waals surface area contributed by atoms with Gasteiger partial charge in [0.15, 0.2) is 5.76 Å². The van der Waals surface area contributed by atoms with Crippen LogP contribution in [0.2, 0.25) is 0 Å². The summed E-state index contributed by atoms with van der Waals surface area (Å²) in [6, 6.07) is 59.9. The summed E-state index contributed by atoms with van der Waals surface area (Å²) < 4.78 is 14.6. The summed E-state index contributed by atoms with van der Waals surface area (Å²) >= 11 is 0. The molecular formula is C53H34N4O. The van der Waals surface area contributed by atoms with E-state index in [2.05, 4.69) is 184 Å². The van der Waals surface area contributed by atoms with E-state index in [-0.39, 0.29) is 12.0 Å². The van der Waals surface area contributed by atoms with Crippen LogP contribution in [-0.4, -0.2) is 19.4 Å². The van der Waals surface area contributed by atoms with E-state index in [9.17, 15) is 0 Å². The highest BCUT2D eigenvalue weighted by Crippen LogP contribution is 2.52. The molecule has 5 aromatic heterocycles. The Labute approximate surface area is 331 Å². The van der Waals surface area contributed by atoms with Crippen LogP contribution in [0.15, 0.2) is 173 Å². The van der Waals surface area contributed by atoms with E-state index in [4.69, 9.17) is 9.41 Å². The van der Waals surface area contributed by atoms with Crippen molar-refractivity contribution in [2.24, 2.45) is 10.9 Å². The molecule has 58 heavy (non-hydrogen) atoms. The highest BCUT2D eigenvalue weighted by atomic mass is 16.3. The standard InChI is InChI=1S/C53H34N4O/c1-2-32-51(55-40-22-10-5-17-33(40)34-18-6-11-23-41(34)55)52-49(37-21-9-14-26-46(37)58-52)54-53(32)57-43-25-13-8-20-36(43)47-45(57)29-38-35-19-7-12-24-42(35)56-44-28-31-16-4-3-15-30(31)27-39(44)48(47)50(38)56/h3-29,32,51H,2H2,1H3. The summed E-state index contributed by atoms with van der Waals surface area (Å²) in [5.74, 6) is 1.95.